The average Bonchev–Trinajstić information content (AvgIpc) is 2.30. The van der Waals surface area contributed by atoms with E-state index in [0.29, 0.717) is 6.42 Å². The van der Waals surface area contributed by atoms with Gasteiger partial charge in [-0.1, -0.05) is 5.57 Å². The minimum absolute atomic E-state index is 0.0337. The van der Waals surface area contributed by atoms with Crippen molar-refractivity contribution in [3.8, 4) is 0 Å². The van der Waals surface area contributed by atoms with Gasteiger partial charge in [0.25, 0.3) is 0 Å². The van der Waals surface area contributed by atoms with Crippen LogP contribution in [0.1, 0.15) is 32.6 Å². The van der Waals surface area contributed by atoms with Gasteiger partial charge in [0.2, 0.25) is 5.91 Å². The van der Waals surface area contributed by atoms with E-state index < -0.39 is 29.9 Å². The second-order valence-corrected chi connectivity index (χ2v) is 4.44. The van der Waals surface area contributed by atoms with Crippen LogP contribution in [0.3, 0.4) is 0 Å². The first kappa shape index (κ1) is 17.1. The molecule has 0 rings (SSSR count). The molecule has 7 heteroatoms. The fraction of sp³-hybridized carbons (Fsp3) is 0.583. The van der Waals surface area contributed by atoms with E-state index in [2.05, 4.69) is 11.9 Å². The minimum atomic E-state index is -1.19. The Morgan fingerprint density at radius 2 is 1.74 bits per heavy atom. The fourth-order valence-corrected chi connectivity index (χ4v) is 1.32. The Labute approximate surface area is 111 Å². The van der Waals surface area contributed by atoms with Gasteiger partial charge in [0.1, 0.15) is 12.1 Å². The van der Waals surface area contributed by atoms with E-state index >= 15 is 0 Å². The quantitative estimate of drug-likeness (QED) is 0.440. The summed E-state index contributed by atoms with van der Waals surface area (Å²) in [6.07, 6.45) is 0.589. The van der Waals surface area contributed by atoms with E-state index in [-0.39, 0.29) is 19.3 Å². The second kappa shape index (κ2) is 8.25. The zero-order chi connectivity index (χ0) is 15.0. The van der Waals surface area contributed by atoms with Crippen LogP contribution in [0.25, 0.3) is 0 Å². The summed E-state index contributed by atoms with van der Waals surface area (Å²) in [7, 11) is 0. The van der Waals surface area contributed by atoms with Crippen LogP contribution in [0, 0.1) is 0 Å². The number of carbonyl (C=O) groups is 3. The summed E-state index contributed by atoms with van der Waals surface area (Å²) in [5.74, 6) is -2.84. The van der Waals surface area contributed by atoms with Gasteiger partial charge in [0, 0.05) is 6.42 Å². The molecule has 0 aromatic carbocycles. The zero-order valence-corrected chi connectivity index (χ0v) is 10.9. The van der Waals surface area contributed by atoms with Gasteiger partial charge in [-0.3, -0.25) is 9.59 Å². The summed E-state index contributed by atoms with van der Waals surface area (Å²) in [5, 5.41) is 19.8. The lowest BCUT2D eigenvalue weighted by Gasteiger charge is -2.15. The Hall–Kier alpha value is -1.89. The Morgan fingerprint density at radius 1 is 1.16 bits per heavy atom. The lowest BCUT2D eigenvalue weighted by atomic mass is 10.1. The molecule has 5 N–H and O–H groups in total. The van der Waals surface area contributed by atoms with Crippen LogP contribution < -0.4 is 11.1 Å². The summed E-state index contributed by atoms with van der Waals surface area (Å²) in [6.45, 7) is 5.43. The van der Waals surface area contributed by atoms with Crippen molar-refractivity contribution < 1.29 is 24.6 Å². The third kappa shape index (κ3) is 7.93. The molecule has 0 saturated heterocycles. The minimum Gasteiger partial charge on any atom is -0.480 e. The third-order valence-corrected chi connectivity index (χ3v) is 2.49. The van der Waals surface area contributed by atoms with Crippen molar-refractivity contribution in [2.24, 2.45) is 5.73 Å². The molecule has 0 fully saturated rings. The van der Waals surface area contributed by atoms with Crippen molar-refractivity contribution >= 4 is 17.8 Å². The van der Waals surface area contributed by atoms with Crippen LogP contribution in [-0.4, -0.2) is 40.1 Å². The highest BCUT2D eigenvalue weighted by molar-refractivity contribution is 5.84. The molecule has 0 aromatic heterocycles. The summed E-state index contributed by atoms with van der Waals surface area (Å²) in [5.41, 5.74) is 6.07. The first-order chi connectivity index (χ1) is 8.73. The van der Waals surface area contributed by atoms with Crippen molar-refractivity contribution in [3.63, 3.8) is 0 Å². The van der Waals surface area contributed by atoms with Gasteiger partial charge in [-0.25, -0.2) is 4.79 Å². The van der Waals surface area contributed by atoms with Crippen LogP contribution in [0.5, 0.6) is 0 Å². The second-order valence-electron chi connectivity index (χ2n) is 4.44. The molecule has 0 aliphatic heterocycles. The largest absolute Gasteiger partial charge is 0.480 e. The highest BCUT2D eigenvalue weighted by Crippen LogP contribution is 2.06. The monoisotopic (exact) mass is 272 g/mol. The summed E-state index contributed by atoms with van der Waals surface area (Å²) in [4.78, 5) is 32.9. The number of rotatable bonds is 9. The fourth-order valence-electron chi connectivity index (χ4n) is 1.32. The number of carbonyl (C=O) groups excluding carboxylic acids is 1. The predicted molar refractivity (Wildman–Crippen MR) is 68.5 cm³/mol. The van der Waals surface area contributed by atoms with E-state index in [1.165, 1.54) is 0 Å². The van der Waals surface area contributed by atoms with E-state index in [1.54, 1.807) is 6.92 Å². The number of carboxylic acid groups (broad SMARTS) is 2. The van der Waals surface area contributed by atoms with Crippen molar-refractivity contribution in [2.45, 2.75) is 44.7 Å². The number of nitrogens with one attached hydrogen (secondary N) is 1. The van der Waals surface area contributed by atoms with E-state index in [0.717, 1.165) is 5.57 Å². The number of hydrogen-bond donors (Lipinski definition) is 4. The van der Waals surface area contributed by atoms with Gasteiger partial charge in [-0.2, -0.15) is 0 Å². The average molecular weight is 272 g/mol. The molecular formula is C12H20N2O5. The van der Waals surface area contributed by atoms with Gasteiger partial charge in [0.15, 0.2) is 0 Å². The smallest absolute Gasteiger partial charge is 0.326 e. The van der Waals surface area contributed by atoms with Crippen LogP contribution >= 0.6 is 0 Å². The number of allylic oxidation sites excluding steroid dienone is 1. The molecule has 0 spiro atoms. The number of amides is 1. The third-order valence-electron chi connectivity index (χ3n) is 2.49. The molecule has 19 heavy (non-hydrogen) atoms. The van der Waals surface area contributed by atoms with Crippen LogP contribution in [0.15, 0.2) is 12.2 Å². The maximum Gasteiger partial charge on any atom is 0.326 e. The molecule has 7 nitrogen and oxygen atoms in total. The van der Waals surface area contributed by atoms with E-state index in [1.807, 2.05) is 0 Å². The van der Waals surface area contributed by atoms with Crippen LogP contribution in [-0.2, 0) is 14.4 Å². The summed E-state index contributed by atoms with van der Waals surface area (Å²) >= 11 is 0. The van der Waals surface area contributed by atoms with Crippen LogP contribution in [0.2, 0.25) is 0 Å². The molecule has 0 aromatic rings. The summed E-state index contributed by atoms with van der Waals surface area (Å²) in [6, 6.07) is -2.12. The first-order valence-corrected chi connectivity index (χ1v) is 5.89. The summed E-state index contributed by atoms with van der Waals surface area (Å²) < 4.78 is 0. The lowest BCUT2D eigenvalue weighted by molar-refractivity contribution is -0.142. The van der Waals surface area contributed by atoms with E-state index in [4.69, 9.17) is 15.9 Å². The number of aliphatic carboxylic acids is 2. The highest BCUT2D eigenvalue weighted by Gasteiger charge is 2.20. The molecule has 0 aliphatic rings. The first-order valence-electron chi connectivity index (χ1n) is 5.89. The number of hydrogen-bond acceptors (Lipinski definition) is 4. The van der Waals surface area contributed by atoms with Crippen molar-refractivity contribution in [1.82, 2.24) is 5.32 Å². The van der Waals surface area contributed by atoms with Gasteiger partial charge in [-0.15, -0.1) is 6.58 Å². The van der Waals surface area contributed by atoms with Gasteiger partial charge in [0.05, 0.1) is 0 Å². The normalized spacial score (nSPS) is 13.4. The highest BCUT2D eigenvalue weighted by atomic mass is 16.4. The predicted octanol–water partition coefficient (Wildman–Crippen LogP) is 0.104. The van der Waals surface area contributed by atoms with Gasteiger partial charge in [-0.05, 0) is 26.2 Å². The standard InChI is InChI=1S/C12H20N2O5/c1-7(2)3-5-9(12(18)19)14-10(15)6-4-8(13)11(16)17/h8-9H,1,3-6,13H2,2H3,(H,14,15)(H,16,17)(H,18,19). The van der Waals surface area contributed by atoms with Gasteiger partial charge >= 0.3 is 11.9 Å². The molecule has 2 unspecified atom stereocenters. The molecule has 0 saturated carbocycles. The Balaban J connectivity index is 4.20. The maximum atomic E-state index is 11.5. The Kier molecular flexibility index (Phi) is 7.43. The molecule has 108 valence electrons. The molecule has 2 atom stereocenters. The molecule has 1 amide bonds. The lowest BCUT2D eigenvalue weighted by Crippen LogP contribution is -2.41. The van der Waals surface area contributed by atoms with Crippen LogP contribution in [0.4, 0.5) is 0 Å². The van der Waals surface area contributed by atoms with E-state index in [9.17, 15) is 14.4 Å². The molecule has 0 radical (unpaired) electrons. The molecule has 0 heterocycles. The Morgan fingerprint density at radius 3 is 2.16 bits per heavy atom. The number of carboxylic acids is 2. The van der Waals surface area contributed by atoms with Crippen molar-refractivity contribution in [1.29, 1.82) is 0 Å². The molecule has 0 bridgehead atoms. The maximum absolute atomic E-state index is 11.5. The Bertz CT molecular complexity index is 367. The van der Waals surface area contributed by atoms with Crippen molar-refractivity contribution in [2.75, 3.05) is 0 Å². The molecular weight excluding hydrogens is 252 g/mol. The van der Waals surface area contributed by atoms with Crippen molar-refractivity contribution in [3.05, 3.63) is 12.2 Å². The SMILES string of the molecule is C=C(C)CCC(NC(=O)CCC(N)C(=O)O)C(=O)O. The number of nitrogens with two attached hydrogens (primary N) is 1. The molecule has 0 aliphatic carbocycles. The zero-order valence-electron chi connectivity index (χ0n) is 10.9. The van der Waals surface area contributed by atoms with Gasteiger partial charge < -0.3 is 21.3 Å². The topological polar surface area (TPSA) is 130 Å².